The molecule has 1 atom stereocenters. The van der Waals surface area contributed by atoms with E-state index in [1.54, 1.807) is 0 Å². The van der Waals surface area contributed by atoms with Crippen molar-refractivity contribution in [3.63, 3.8) is 0 Å². The van der Waals surface area contributed by atoms with Gasteiger partial charge in [-0.2, -0.15) is 0 Å². The van der Waals surface area contributed by atoms with Gasteiger partial charge in [-0.15, -0.1) is 6.58 Å². The standard InChI is InChI=1S/C12H12O2/c1-3-10(13)12-8(2)14-11-7-5-4-6-9(11)12/h3-7,10,13H,1H2,2H3. The average molecular weight is 188 g/mol. The molecule has 2 nitrogen and oxygen atoms in total. The molecule has 1 unspecified atom stereocenters. The number of benzene rings is 1. The topological polar surface area (TPSA) is 33.4 Å². The lowest BCUT2D eigenvalue weighted by molar-refractivity contribution is 0.228. The molecule has 0 radical (unpaired) electrons. The number of aryl methyl sites for hydroxylation is 1. The molecule has 1 aromatic carbocycles. The van der Waals surface area contributed by atoms with E-state index in [4.69, 9.17) is 4.42 Å². The first-order valence-corrected chi connectivity index (χ1v) is 4.52. The lowest BCUT2D eigenvalue weighted by Gasteiger charge is -2.03. The second-order valence-electron chi connectivity index (χ2n) is 3.25. The summed E-state index contributed by atoms with van der Waals surface area (Å²) < 4.78 is 5.51. The largest absolute Gasteiger partial charge is 0.461 e. The number of aliphatic hydroxyl groups excluding tert-OH is 1. The van der Waals surface area contributed by atoms with Crippen LogP contribution in [0.3, 0.4) is 0 Å². The zero-order chi connectivity index (χ0) is 10.1. The third-order valence-electron chi connectivity index (χ3n) is 2.34. The van der Waals surface area contributed by atoms with Crippen LogP contribution in [0.25, 0.3) is 11.0 Å². The van der Waals surface area contributed by atoms with E-state index in [0.29, 0.717) is 0 Å². The normalized spacial score (nSPS) is 13.0. The molecule has 1 heterocycles. The first-order chi connectivity index (χ1) is 6.74. The van der Waals surface area contributed by atoms with Gasteiger partial charge in [0.2, 0.25) is 0 Å². The number of furan rings is 1. The van der Waals surface area contributed by atoms with Gasteiger partial charge in [-0.1, -0.05) is 24.3 Å². The Morgan fingerprint density at radius 2 is 2.14 bits per heavy atom. The summed E-state index contributed by atoms with van der Waals surface area (Å²) in [4.78, 5) is 0. The van der Waals surface area contributed by atoms with Gasteiger partial charge in [0.15, 0.2) is 0 Å². The van der Waals surface area contributed by atoms with Crippen LogP contribution in [-0.4, -0.2) is 5.11 Å². The molecule has 2 rings (SSSR count). The van der Waals surface area contributed by atoms with E-state index < -0.39 is 6.10 Å². The highest BCUT2D eigenvalue weighted by molar-refractivity contribution is 5.82. The maximum absolute atomic E-state index is 9.72. The molecular formula is C12H12O2. The minimum atomic E-state index is -0.654. The highest BCUT2D eigenvalue weighted by Crippen LogP contribution is 2.30. The van der Waals surface area contributed by atoms with Crippen LogP contribution in [0.5, 0.6) is 0 Å². The van der Waals surface area contributed by atoms with Gasteiger partial charge in [0, 0.05) is 10.9 Å². The SMILES string of the molecule is C=CC(O)c1c(C)oc2ccccc12. The van der Waals surface area contributed by atoms with Crippen molar-refractivity contribution in [3.8, 4) is 0 Å². The molecule has 0 spiro atoms. The van der Waals surface area contributed by atoms with Gasteiger partial charge in [0.1, 0.15) is 17.4 Å². The third kappa shape index (κ3) is 1.24. The number of hydrogen-bond donors (Lipinski definition) is 1. The first-order valence-electron chi connectivity index (χ1n) is 4.52. The van der Waals surface area contributed by atoms with Crippen LogP contribution in [-0.2, 0) is 0 Å². The minimum absolute atomic E-state index is 0.654. The van der Waals surface area contributed by atoms with E-state index in [1.807, 2.05) is 31.2 Å². The third-order valence-corrected chi connectivity index (χ3v) is 2.34. The van der Waals surface area contributed by atoms with Crippen LogP contribution >= 0.6 is 0 Å². The Balaban J connectivity index is 2.73. The molecule has 1 N–H and O–H groups in total. The van der Waals surface area contributed by atoms with Crippen LogP contribution < -0.4 is 0 Å². The summed E-state index contributed by atoms with van der Waals surface area (Å²) in [5.41, 5.74) is 1.62. The zero-order valence-electron chi connectivity index (χ0n) is 8.03. The van der Waals surface area contributed by atoms with Crippen LogP contribution in [0.15, 0.2) is 41.3 Å². The molecule has 72 valence electrons. The van der Waals surface area contributed by atoms with E-state index in [1.165, 1.54) is 6.08 Å². The predicted molar refractivity (Wildman–Crippen MR) is 56.1 cm³/mol. The Hall–Kier alpha value is -1.54. The molecule has 0 aliphatic rings. The highest BCUT2D eigenvalue weighted by Gasteiger charge is 2.15. The molecule has 2 aromatic rings. The van der Waals surface area contributed by atoms with Crippen LogP contribution in [0.2, 0.25) is 0 Å². The van der Waals surface area contributed by atoms with Gasteiger partial charge in [-0.3, -0.25) is 0 Å². The molecule has 0 saturated heterocycles. The number of rotatable bonds is 2. The zero-order valence-corrected chi connectivity index (χ0v) is 8.03. The molecule has 0 amide bonds. The van der Waals surface area contributed by atoms with Crippen LogP contribution in [0.4, 0.5) is 0 Å². The fourth-order valence-electron chi connectivity index (χ4n) is 1.67. The number of hydrogen-bond acceptors (Lipinski definition) is 2. The minimum Gasteiger partial charge on any atom is -0.461 e. The summed E-state index contributed by atoms with van der Waals surface area (Å²) in [5.74, 6) is 0.749. The maximum atomic E-state index is 9.72. The maximum Gasteiger partial charge on any atom is 0.134 e. The van der Waals surface area contributed by atoms with Gasteiger partial charge < -0.3 is 9.52 Å². The van der Waals surface area contributed by atoms with Gasteiger partial charge in [0.05, 0.1) is 0 Å². The second kappa shape index (κ2) is 3.31. The van der Waals surface area contributed by atoms with E-state index in [-0.39, 0.29) is 0 Å². The number of aliphatic hydroxyl groups is 1. The molecule has 1 aromatic heterocycles. The van der Waals surface area contributed by atoms with Crippen molar-refractivity contribution in [2.24, 2.45) is 0 Å². The summed E-state index contributed by atoms with van der Waals surface area (Å²) in [6.07, 6.45) is 0.850. The first kappa shape index (κ1) is 9.03. The van der Waals surface area contributed by atoms with Crippen molar-refractivity contribution < 1.29 is 9.52 Å². The summed E-state index contributed by atoms with van der Waals surface area (Å²) in [7, 11) is 0. The lowest BCUT2D eigenvalue weighted by Crippen LogP contribution is -1.92. The lowest BCUT2D eigenvalue weighted by atomic mass is 10.1. The van der Waals surface area contributed by atoms with E-state index in [0.717, 1.165) is 22.3 Å². The van der Waals surface area contributed by atoms with Crippen molar-refractivity contribution >= 4 is 11.0 Å². The van der Waals surface area contributed by atoms with Crippen LogP contribution in [0.1, 0.15) is 17.4 Å². The van der Waals surface area contributed by atoms with Crippen molar-refractivity contribution in [2.75, 3.05) is 0 Å². The fraction of sp³-hybridized carbons (Fsp3) is 0.167. The molecule has 0 aliphatic heterocycles. The van der Waals surface area contributed by atoms with Gasteiger partial charge in [0.25, 0.3) is 0 Å². The Labute approximate surface area is 82.5 Å². The Kier molecular flexibility index (Phi) is 2.14. The summed E-state index contributed by atoms with van der Waals surface area (Å²) >= 11 is 0. The quantitative estimate of drug-likeness (QED) is 0.735. The van der Waals surface area contributed by atoms with Gasteiger partial charge in [-0.25, -0.2) is 0 Å². The number of para-hydroxylation sites is 1. The fourth-order valence-corrected chi connectivity index (χ4v) is 1.67. The van der Waals surface area contributed by atoms with Crippen LogP contribution in [0, 0.1) is 6.92 Å². The molecule has 0 bridgehead atoms. The van der Waals surface area contributed by atoms with E-state index in [9.17, 15) is 5.11 Å². The van der Waals surface area contributed by atoms with Crippen molar-refractivity contribution in [2.45, 2.75) is 13.0 Å². The monoisotopic (exact) mass is 188 g/mol. The van der Waals surface area contributed by atoms with E-state index >= 15 is 0 Å². The summed E-state index contributed by atoms with van der Waals surface area (Å²) in [5, 5.41) is 10.7. The Morgan fingerprint density at radius 3 is 2.86 bits per heavy atom. The molecule has 0 saturated carbocycles. The highest BCUT2D eigenvalue weighted by atomic mass is 16.3. The van der Waals surface area contributed by atoms with Crippen molar-refractivity contribution in [1.29, 1.82) is 0 Å². The van der Waals surface area contributed by atoms with Gasteiger partial charge >= 0.3 is 0 Å². The predicted octanol–water partition coefficient (Wildman–Crippen LogP) is 2.96. The number of fused-ring (bicyclic) bond motifs is 1. The molecule has 2 heteroatoms. The Bertz CT molecular complexity index is 468. The summed E-state index contributed by atoms with van der Waals surface area (Å²) in [6.45, 7) is 5.42. The van der Waals surface area contributed by atoms with E-state index in [2.05, 4.69) is 6.58 Å². The molecule has 14 heavy (non-hydrogen) atoms. The van der Waals surface area contributed by atoms with Crippen molar-refractivity contribution in [1.82, 2.24) is 0 Å². The molecular weight excluding hydrogens is 176 g/mol. The van der Waals surface area contributed by atoms with Gasteiger partial charge in [-0.05, 0) is 13.0 Å². The summed E-state index contributed by atoms with van der Waals surface area (Å²) in [6, 6.07) is 7.67. The average Bonchev–Trinajstić information content (AvgIpc) is 2.53. The molecule has 0 fully saturated rings. The Morgan fingerprint density at radius 1 is 1.43 bits per heavy atom. The second-order valence-corrected chi connectivity index (χ2v) is 3.25. The molecule has 0 aliphatic carbocycles. The van der Waals surface area contributed by atoms with Crippen molar-refractivity contribution in [3.05, 3.63) is 48.2 Å². The smallest absolute Gasteiger partial charge is 0.134 e.